The van der Waals surface area contributed by atoms with Crippen molar-refractivity contribution in [1.29, 1.82) is 0 Å². The number of carbonyl (C=O) groups is 3. The van der Waals surface area contributed by atoms with Gasteiger partial charge in [-0.1, -0.05) is 42.5 Å². The van der Waals surface area contributed by atoms with Crippen LogP contribution in [0.1, 0.15) is 43.7 Å². The van der Waals surface area contributed by atoms with Crippen molar-refractivity contribution >= 4 is 23.3 Å². The number of Topliss-reactive ketones (excluding diaryl/α,β-unsaturated/α-hetero) is 1. The Morgan fingerprint density at radius 3 is 2.41 bits per heavy atom. The number of rotatable bonds is 6. The van der Waals surface area contributed by atoms with Gasteiger partial charge in [0.05, 0.1) is 0 Å². The molecule has 0 aliphatic carbocycles. The number of amides is 2. The molecule has 0 aliphatic rings. The quantitative estimate of drug-likeness (QED) is 0.653. The molecular formula is C23H21N3O3. The van der Waals surface area contributed by atoms with Crippen molar-refractivity contribution in [1.82, 2.24) is 9.88 Å². The van der Waals surface area contributed by atoms with Gasteiger partial charge in [-0.2, -0.15) is 0 Å². The predicted octanol–water partition coefficient (Wildman–Crippen LogP) is 3.81. The van der Waals surface area contributed by atoms with E-state index in [1.165, 1.54) is 25.3 Å². The molecule has 6 nitrogen and oxygen atoms in total. The lowest BCUT2D eigenvalue weighted by Gasteiger charge is -2.17. The number of benzene rings is 2. The normalized spacial score (nSPS) is 10.3. The van der Waals surface area contributed by atoms with Crippen LogP contribution < -0.4 is 5.32 Å². The minimum Gasteiger partial charge on any atom is -0.336 e. The molecule has 1 heterocycles. The minimum atomic E-state index is -0.382. The van der Waals surface area contributed by atoms with Gasteiger partial charge < -0.3 is 10.2 Å². The summed E-state index contributed by atoms with van der Waals surface area (Å²) in [6.07, 6.45) is 1.44. The highest BCUT2D eigenvalue weighted by atomic mass is 16.2. The van der Waals surface area contributed by atoms with Crippen molar-refractivity contribution in [3.05, 3.63) is 95.3 Å². The highest BCUT2D eigenvalue weighted by molar-refractivity contribution is 6.06. The number of anilines is 1. The first kappa shape index (κ1) is 19.9. The number of pyridine rings is 1. The van der Waals surface area contributed by atoms with Crippen molar-refractivity contribution in [2.24, 2.45) is 0 Å². The van der Waals surface area contributed by atoms with E-state index in [0.717, 1.165) is 5.56 Å². The topological polar surface area (TPSA) is 79.4 Å². The van der Waals surface area contributed by atoms with Crippen LogP contribution in [0.2, 0.25) is 0 Å². The zero-order valence-electron chi connectivity index (χ0n) is 16.3. The molecule has 1 aromatic heterocycles. The molecule has 0 unspecified atom stereocenters. The number of nitrogens with one attached hydrogen (secondary N) is 1. The summed E-state index contributed by atoms with van der Waals surface area (Å²) in [5, 5.41) is 2.74. The zero-order valence-corrected chi connectivity index (χ0v) is 16.3. The molecule has 0 radical (unpaired) electrons. The third kappa shape index (κ3) is 5.13. The third-order valence-corrected chi connectivity index (χ3v) is 4.38. The lowest BCUT2D eigenvalue weighted by atomic mass is 10.1. The molecule has 3 rings (SSSR count). The third-order valence-electron chi connectivity index (χ3n) is 4.38. The molecule has 2 aromatic carbocycles. The Labute approximate surface area is 169 Å². The van der Waals surface area contributed by atoms with E-state index in [1.54, 1.807) is 36.2 Å². The molecule has 0 saturated carbocycles. The number of ketones is 1. The molecule has 0 aliphatic heterocycles. The molecule has 0 fully saturated rings. The second-order valence-corrected chi connectivity index (χ2v) is 6.67. The first-order chi connectivity index (χ1) is 13.9. The fourth-order valence-electron chi connectivity index (χ4n) is 2.83. The van der Waals surface area contributed by atoms with Crippen LogP contribution >= 0.6 is 0 Å². The molecule has 146 valence electrons. The van der Waals surface area contributed by atoms with Gasteiger partial charge in [0, 0.05) is 36.6 Å². The summed E-state index contributed by atoms with van der Waals surface area (Å²) >= 11 is 0. The van der Waals surface area contributed by atoms with Crippen LogP contribution in [0.15, 0.2) is 72.9 Å². The maximum Gasteiger partial charge on any atom is 0.272 e. The fraction of sp³-hybridized carbons (Fsp3) is 0.130. The molecule has 6 heteroatoms. The Bertz CT molecular complexity index is 1050. The second-order valence-electron chi connectivity index (χ2n) is 6.67. The predicted molar refractivity (Wildman–Crippen MR) is 111 cm³/mol. The second kappa shape index (κ2) is 8.93. The molecule has 0 saturated heterocycles. The largest absolute Gasteiger partial charge is 0.336 e. The minimum absolute atomic E-state index is 0.0839. The number of hydrogen-bond donors (Lipinski definition) is 1. The Kier molecular flexibility index (Phi) is 6.14. The maximum absolute atomic E-state index is 12.7. The van der Waals surface area contributed by atoms with Gasteiger partial charge >= 0.3 is 0 Å². The molecule has 0 spiro atoms. The van der Waals surface area contributed by atoms with E-state index in [9.17, 15) is 14.4 Å². The van der Waals surface area contributed by atoms with Crippen LogP contribution in [-0.4, -0.2) is 34.5 Å². The van der Waals surface area contributed by atoms with Crippen molar-refractivity contribution < 1.29 is 14.4 Å². The van der Waals surface area contributed by atoms with Crippen LogP contribution in [0.4, 0.5) is 5.69 Å². The zero-order chi connectivity index (χ0) is 20.8. The SMILES string of the molecule is CC(=O)c1cccc(NC(=O)c2ccnc(C(=O)N(C)Cc3ccccc3)c2)c1. The summed E-state index contributed by atoms with van der Waals surface area (Å²) in [6, 6.07) is 19.3. The maximum atomic E-state index is 12.7. The smallest absolute Gasteiger partial charge is 0.272 e. The summed E-state index contributed by atoms with van der Waals surface area (Å²) in [7, 11) is 1.69. The number of carbonyl (C=O) groups excluding carboxylic acids is 3. The van der Waals surface area contributed by atoms with Gasteiger partial charge in [-0.3, -0.25) is 19.4 Å². The molecule has 29 heavy (non-hydrogen) atoms. The Morgan fingerprint density at radius 2 is 1.69 bits per heavy atom. The van der Waals surface area contributed by atoms with Gasteiger partial charge in [-0.15, -0.1) is 0 Å². The summed E-state index contributed by atoms with van der Waals surface area (Å²) in [6.45, 7) is 1.91. The number of nitrogens with zero attached hydrogens (tertiary/aromatic N) is 2. The monoisotopic (exact) mass is 387 g/mol. The van der Waals surface area contributed by atoms with Crippen LogP contribution in [0.3, 0.4) is 0 Å². The molecule has 3 aromatic rings. The summed E-state index contributed by atoms with van der Waals surface area (Å²) in [4.78, 5) is 42.4. The van der Waals surface area contributed by atoms with Gasteiger partial charge in [0.25, 0.3) is 11.8 Å². The van der Waals surface area contributed by atoms with E-state index < -0.39 is 0 Å². The highest BCUT2D eigenvalue weighted by Gasteiger charge is 2.16. The molecule has 0 atom stereocenters. The number of aromatic nitrogens is 1. The first-order valence-corrected chi connectivity index (χ1v) is 9.12. The first-order valence-electron chi connectivity index (χ1n) is 9.12. The lowest BCUT2D eigenvalue weighted by Crippen LogP contribution is -2.27. The Balaban J connectivity index is 1.73. The lowest BCUT2D eigenvalue weighted by molar-refractivity contribution is 0.0779. The van der Waals surface area contributed by atoms with E-state index in [0.29, 0.717) is 23.4 Å². The Hall–Kier alpha value is -3.80. The van der Waals surface area contributed by atoms with Crippen molar-refractivity contribution in [2.45, 2.75) is 13.5 Å². The highest BCUT2D eigenvalue weighted by Crippen LogP contribution is 2.14. The average molecular weight is 387 g/mol. The van der Waals surface area contributed by atoms with E-state index in [1.807, 2.05) is 30.3 Å². The van der Waals surface area contributed by atoms with Crippen molar-refractivity contribution in [3.63, 3.8) is 0 Å². The number of hydrogen-bond acceptors (Lipinski definition) is 4. The fourth-order valence-corrected chi connectivity index (χ4v) is 2.83. The molecule has 0 bridgehead atoms. The molecule has 1 N–H and O–H groups in total. The van der Waals surface area contributed by atoms with Crippen molar-refractivity contribution in [2.75, 3.05) is 12.4 Å². The Morgan fingerprint density at radius 1 is 0.931 bits per heavy atom. The van der Waals surface area contributed by atoms with Crippen LogP contribution in [0.5, 0.6) is 0 Å². The van der Waals surface area contributed by atoms with Crippen LogP contribution in [0, 0.1) is 0 Å². The van der Waals surface area contributed by atoms with E-state index >= 15 is 0 Å². The van der Waals surface area contributed by atoms with Crippen LogP contribution in [0.25, 0.3) is 0 Å². The van der Waals surface area contributed by atoms with Gasteiger partial charge in [0.1, 0.15) is 5.69 Å². The standard InChI is InChI=1S/C23H21N3O3/c1-16(27)18-9-6-10-20(13-18)25-22(28)19-11-12-24-21(14-19)23(29)26(2)15-17-7-4-3-5-8-17/h3-14H,15H2,1-2H3,(H,25,28). The van der Waals surface area contributed by atoms with Crippen molar-refractivity contribution in [3.8, 4) is 0 Å². The van der Waals surface area contributed by atoms with Gasteiger partial charge in [0.15, 0.2) is 5.78 Å². The molecule has 2 amide bonds. The van der Waals surface area contributed by atoms with E-state index in [2.05, 4.69) is 10.3 Å². The summed E-state index contributed by atoms with van der Waals surface area (Å²) < 4.78 is 0. The average Bonchev–Trinajstić information content (AvgIpc) is 2.74. The van der Waals surface area contributed by atoms with E-state index in [4.69, 9.17) is 0 Å². The van der Waals surface area contributed by atoms with Crippen LogP contribution in [-0.2, 0) is 6.54 Å². The van der Waals surface area contributed by atoms with E-state index in [-0.39, 0.29) is 23.3 Å². The summed E-state index contributed by atoms with van der Waals surface area (Å²) in [5.41, 5.74) is 2.52. The van der Waals surface area contributed by atoms with Gasteiger partial charge in [-0.25, -0.2) is 0 Å². The van der Waals surface area contributed by atoms with Gasteiger partial charge in [0.2, 0.25) is 0 Å². The summed E-state index contributed by atoms with van der Waals surface area (Å²) in [5.74, 6) is -0.741. The molecular weight excluding hydrogens is 366 g/mol. The van der Waals surface area contributed by atoms with Gasteiger partial charge in [-0.05, 0) is 36.8 Å².